The summed E-state index contributed by atoms with van der Waals surface area (Å²) in [5.74, 6) is 1.39. The number of pyridine rings is 1. The lowest BCUT2D eigenvalue weighted by atomic mass is 9.83. The minimum absolute atomic E-state index is 0.175. The second kappa shape index (κ2) is 13.7. The fourth-order valence-electron chi connectivity index (χ4n) is 4.23. The second-order valence-electron chi connectivity index (χ2n) is 9.76. The number of aromatic nitrogens is 1. The first-order chi connectivity index (χ1) is 18.3. The van der Waals surface area contributed by atoms with Gasteiger partial charge in [0.05, 0.1) is 7.11 Å². The van der Waals surface area contributed by atoms with Crippen LogP contribution in [0.5, 0.6) is 11.6 Å². The van der Waals surface area contributed by atoms with Gasteiger partial charge in [0.25, 0.3) is 0 Å². The summed E-state index contributed by atoms with van der Waals surface area (Å²) in [5.41, 5.74) is 6.74. The van der Waals surface area contributed by atoms with Crippen LogP contribution in [0.3, 0.4) is 0 Å². The summed E-state index contributed by atoms with van der Waals surface area (Å²) >= 11 is 0. The van der Waals surface area contributed by atoms with Crippen molar-refractivity contribution in [3.05, 3.63) is 83.2 Å². The molecule has 6 nitrogen and oxygen atoms in total. The number of ether oxygens (including phenoxy) is 2. The number of benzene rings is 2. The molecule has 0 bridgehead atoms. The molecule has 38 heavy (non-hydrogen) atoms. The standard InChI is InChI=1S/C31H41NO5Si/c1-8-35-38(36-9-2,37-10-3)20-18-25-21-26(22-28(29(25)33-7)31(4,5)6)27-17-14-19-32-30(27)34-23-24-15-12-11-13-16-24/h11-22H,8-10,23H2,1-7H3/b20-18+. The molecule has 0 unspecified atom stereocenters. The van der Waals surface area contributed by atoms with E-state index in [0.717, 1.165) is 33.6 Å². The van der Waals surface area contributed by atoms with Crippen LogP contribution < -0.4 is 9.47 Å². The Hall–Kier alpha value is -2.97. The zero-order valence-corrected chi connectivity index (χ0v) is 24.7. The molecule has 2 aromatic carbocycles. The minimum atomic E-state index is -3.01. The van der Waals surface area contributed by atoms with Crippen LogP contribution in [-0.2, 0) is 25.3 Å². The van der Waals surface area contributed by atoms with E-state index in [9.17, 15) is 0 Å². The summed E-state index contributed by atoms with van der Waals surface area (Å²) in [5, 5.41) is 0. The van der Waals surface area contributed by atoms with Crippen molar-refractivity contribution in [1.82, 2.24) is 4.98 Å². The largest absolute Gasteiger partial charge is 0.529 e. The van der Waals surface area contributed by atoms with Gasteiger partial charge in [-0.25, -0.2) is 4.98 Å². The van der Waals surface area contributed by atoms with Gasteiger partial charge in [0, 0.05) is 42.7 Å². The highest BCUT2D eigenvalue weighted by molar-refractivity contribution is 6.67. The summed E-state index contributed by atoms with van der Waals surface area (Å²) in [6.07, 6.45) is 3.76. The van der Waals surface area contributed by atoms with Crippen LogP contribution in [0.15, 0.2) is 66.5 Å². The molecule has 0 aliphatic carbocycles. The number of rotatable bonds is 13. The monoisotopic (exact) mass is 535 g/mol. The van der Waals surface area contributed by atoms with Crippen LogP contribution in [-0.4, -0.2) is 40.7 Å². The Morgan fingerprint density at radius 2 is 1.53 bits per heavy atom. The number of nitrogens with zero attached hydrogens (tertiary/aromatic N) is 1. The van der Waals surface area contributed by atoms with Gasteiger partial charge >= 0.3 is 8.80 Å². The fraction of sp³-hybridized carbons (Fsp3) is 0.387. The molecule has 3 rings (SSSR count). The summed E-state index contributed by atoms with van der Waals surface area (Å²) in [6.45, 7) is 14.3. The van der Waals surface area contributed by atoms with Crippen molar-refractivity contribution in [2.75, 3.05) is 26.9 Å². The summed E-state index contributed by atoms with van der Waals surface area (Å²) < 4.78 is 30.3. The van der Waals surface area contributed by atoms with Gasteiger partial charge in [-0.3, -0.25) is 0 Å². The van der Waals surface area contributed by atoms with E-state index in [4.69, 9.17) is 22.8 Å². The first-order valence-corrected chi connectivity index (χ1v) is 15.0. The third kappa shape index (κ3) is 7.54. The molecule has 1 aromatic heterocycles. The van der Waals surface area contributed by atoms with Gasteiger partial charge < -0.3 is 22.8 Å². The zero-order valence-electron chi connectivity index (χ0n) is 23.7. The molecule has 0 amide bonds. The van der Waals surface area contributed by atoms with E-state index in [1.54, 1.807) is 13.3 Å². The lowest BCUT2D eigenvalue weighted by molar-refractivity contribution is 0.0845. The second-order valence-corrected chi connectivity index (χ2v) is 12.2. The average Bonchev–Trinajstić information content (AvgIpc) is 2.91. The van der Waals surface area contributed by atoms with E-state index in [1.807, 2.05) is 75.0 Å². The zero-order chi connectivity index (χ0) is 27.6. The third-order valence-electron chi connectivity index (χ3n) is 5.93. The van der Waals surface area contributed by atoms with Crippen LogP contribution in [0.25, 0.3) is 17.2 Å². The molecule has 0 saturated carbocycles. The average molecular weight is 536 g/mol. The topological polar surface area (TPSA) is 59.0 Å². The Morgan fingerprint density at radius 1 is 0.868 bits per heavy atom. The maximum Gasteiger partial charge on any atom is 0.529 e. The Morgan fingerprint density at radius 3 is 2.11 bits per heavy atom. The van der Waals surface area contributed by atoms with Crippen LogP contribution in [0.4, 0.5) is 0 Å². The molecule has 0 spiro atoms. The molecule has 0 aliphatic rings. The summed E-state index contributed by atoms with van der Waals surface area (Å²) in [6, 6.07) is 18.3. The Bertz CT molecular complexity index is 1170. The van der Waals surface area contributed by atoms with E-state index in [1.165, 1.54) is 0 Å². The molecule has 0 radical (unpaired) electrons. The van der Waals surface area contributed by atoms with Crippen molar-refractivity contribution in [3.8, 4) is 22.8 Å². The normalized spacial score (nSPS) is 12.2. The van der Waals surface area contributed by atoms with E-state index >= 15 is 0 Å². The molecule has 0 atom stereocenters. The van der Waals surface area contributed by atoms with Gasteiger partial charge in [0.2, 0.25) is 5.88 Å². The van der Waals surface area contributed by atoms with Crippen molar-refractivity contribution in [2.24, 2.45) is 0 Å². The number of methoxy groups -OCH3 is 1. The molecule has 7 heteroatoms. The van der Waals surface area contributed by atoms with Gasteiger partial charge in [-0.2, -0.15) is 0 Å². The molecule has 0 aliphatic heterocycles. The summed E-state index contributed by atoms with van der Waals surface area (Å²) in [4.78, 5) is 4.57. The molecule has 0 fully saturated rings. The highest BCUT2D eigenvalue weighted by Crippen LogP contribution is 2.40. The van der Waals surface area contributed by atoms with Crippen molar-refractivity contribution in [1.29, 1.82) is 0 Å². The number of hydrogen-bond acceptors (Lipinski definition) is 6. The van der Waals surface area contributed by atoms with Crippen LogP contribution >= 0.6 is 0 Å². The van der Waals surface area contributed by atoms with Crippen molar-refractivity contribution in [3.63, 3.8) is 0 Å². The van der Waals surface area contributed by atoms with E-state index in [2.05, 4.69) is 37.9 Å². The van der Waals surface area contributed by atoms with E-state index in [-0.39, 0.29) is 5.41 Å². The molecule has 1 heterocycles. The van der Waals surface area contributed by atoms with Crippen molar-refractivity contribution < 1.29 is 22.8 Å². The van der Waals surface area contributed by atoms with Crippen LogP contribution in [0, 0.1) is 0 Å². The van der Waals surface area contributed by atoms with Crippen molar-refractivity contribution >= 4 is 14.9 Å². The maximum atomic E-state index is 6.20. The maximum absolute atomic E-state index is 6.20. The lowest BCUT2D eigenvalue weighted by Gasteiger charge is -2.26. The highest BCUT2D eigenvalue weighted by atomic mass is 28.4. The Balaban J connectivity index is 2.12. The van der Waals surface area contributed by atoms with Gasteiger partial charge in [-0.05, 0) is 67.3 Å². The predicted molar refractivity (Wildman–Crippen MR) is 155 cm³/mol. The molecule has 3 aromatic rings. The van der Waals surface area contributed by atoms with Gasteiger partial charge in [-0.1, -0.05) is 57.2 Å². The molecule has 0 saturated heterocycles. The minimum Gasteiger partial charge on any atom is -0.496 e. The third-order valence-corrected chi connectivity index (χ3v) is 8.58. The van der Waals surface area contributed by atoms with Gasteiger partial charge in [0.1, 0.15) is 12.4 Å². The van der Waals surface area contributed by atoms with Gasteiger partial charge in [-0.15, -0.1) is 0 Å². The quantitative estimate of drug-likeness (QED) is 0.215. The SMILES string of the molecule is CCO[Si](/C=C/c1cc(-c2cccnc2OCc2ccccc2)cc(C(C)(C)C)c1OC)(OCC)OCC. The predicted octanol–water partition coefficient (Wildman–Crippen LogP) is 7.23. The smallest absolute Gasteiger partial charge is 0.496 e. The molecular formula is C31H41NO5Si. The molecule has 204 valence electrons. The van der Waals surface area contributed by atoms with E-state index in [0.29, 0.717) is 32.3 Å². The van der Waals surface area contributed by atoms with Crippen LogP contribution in [0.2, 0.25) is 0 Å². The number of hydrogen-bond donors (Lipinski definition) is 0. The lowest BCUT2D eigenvalue weighted by Crippen LogP contribution is -2.44. The first-order valence-electron chi connectivity index (χ1n) is 13.2. The van der Waals surface area contributed by atoms with Crippen LogP contribution in [0.1, 0.15) is 58.2 Å². The Labute approximate surface area is 229 Å². The summed E-state index contributed by atoms with van der Waals surface area (Å²) in [7, 11) is -1.30. The van der Waals surface area contributed by atoms with Gasteiger partial charge in [0.15, 0.2) is 0 Å². The fourth-order valence-corrected chi connectivity index (χ4v) is 6.36. The Kier molecular flexibility index (Phi) is 10.7. The molecular weight excluding hydrogens is 494 g/mol. The van der Waals surface area contributed by atoms with Crippen molar-refractivity contribution in [2.45, 2.75) is 53.6 Å². The highest BCUT2D eigenvalue weighted by Gasteiger charge is 2.37. The first kappa shape index (κ1) is 29.6. The molecule has 0 N–H and O–H groups in total. The van der Waals surface area contributed by atoms with E-state index < -0.39 is 8.80 Å².